The van der Waals surface area contributed by atoms with Gasteiger partial charge < -0.3 is 20.5 Å². The van der Waals surface area contributed by atoms with E-state index in [4.69, 9.17) is 5.73 Å². The first kappa shape index (κ1) is 30.4. The van der Waals surface area contributed by atoms with Crippen LogP contribution in [0, 0.1) is 13.8 Å². The number of nitrogens with zero attached hydrogens (tertiary/aromatic N) is 5. The molecule has 1 aliphatic rings. The second kappa shape index (κ2) is 12.3. The maximum absolute atomic E-state index is 14.8. The zero-order chi connectivity index (χ0) is 31.7. The highest BCUT2D eigenvalue weighted by Crippen LogP contribution is 2.32. The van der Waals surface area contributed by atoms with E-state index in [9.17, 15) is 18.8 Å². The number of aromatic nitrogens is 4. The first-order valence-electron chi connectivity index (χ1n) is 14.5. The van der Waals surface area contributed by atoms with Gasteiger partial charge in [-0.1, -0.05) is 48.6 Å². The summed E-state index contributed by atoms with van der Waals surface area (Å²) >= 11 is 0. The number of carbonyl (C=O) groups is 3. The number of carbonyl (C=O) groups excluding carboxylic acids is 3. The van der Waals surface area contributed by atoms with Crippen molar-refractivity contribution >= 4 is 40.0 Å². The zero-order valence-corrected chi connectivity index (χ0v) is 25.5. The van der Waals surface area contributed by atoms with Crippen LogP contribution >= 0.6 is 0 Å². The van der Waals surface area contributed by atoms with Crippen molar-refractivity contribution in [1.82, 2.24) is 24.2 Å². The van der Waals surface area contributed by atoms with E-state index in [2.05, 4.69) is 15.4 Å². The zero-order valence-electron chi connectivity index (χ0n) is 25.5. The highest BCUT2D eigenvalue weighted by atomic mass is 19.1. The van der Waals surface area contributed by atoms with Crippen LogP contribution < -0.4 is 11.1 Å². The van der Waals surface area contributed by atoms with Gasteiger partial charge in [-0.05, 0) is 56.5 Å². The number of primary amides is 1. The monoisotopic (exact) mass is 597 g/mol. The average Bonchev–Trinajstić information content (AvgIpc) is 3.65. The standard InChI is InChI=1S/C33H36FN7O3/c1-6-10-21(7-2)22-13-14-26-25(15-22)29(31(35)43)38-41(26)18-28(42)40-17-23(34)16-27(40)33(44)37-32-30(36-20(4)39(32)5)24-12-9-8-11-19(24)3/h6-15,23,27H,16-18H2,1-5H3,(H2,35,43)(H,37,44)/b10-6-,21-7+. The first-order valence-corrected chi connectivity index (χ1v) is 14.5. The quantitative estimate of drug-likeness (QED) is 0.285. The Hall–Kier alpha value is -5.06. The number of fused-ring (bicyclic) bond motifs is 1. The van der Waals surface area contributed by atoms with Gasteiger partial charge in [0.2, 0.25) is 11.8 Å². The van der Waals surface area contributed by atoms with Gasteiger partial charge in [-0.25, -0.2) is 9.37 Å². The summed E-state index contributed by atoms with van der Waals surface area (Å²) < 4.78 is 17.9. The number of alkyl halides is 1. The molecule has 0 aliphatic carbocycles. The molecule has 2 unspecified atom stereocenters. The molecule has 3 amide bonds. The molecule has 2 aromatic heterocycles. The van der Waals surface area contributed by atoms with Gasteiger partial charge in [0.15, 0.2) is 5.69 Å². The molecule has 228 valence electrons. The van der Waals surface area contributed by atoms with Crippen LogP contribution in [0.4, 0.5) is 10.2 Å². The number of halogens is 1. The van der Waals surface area contributed by atoms with E-state index in [1.807, 2.05) is 82.3 Å². The molecule has 3 heterocycles. The molecule has 3 N–H and O–H groups in total. The number of likely N-dealkylation sites (tertiary alicyclic amines) is 1. The third-order valence-corrected chi connectivity index (χ3v) is 8.09. The summed E-state index contributed by atoms with van der Waals surface area (Å²) in [6.07, 6.45) is 4.30. The van der Waals surface area contributed by atoms with E-state index < -0.39 is 29.9 Å². The topological polar surface area (TPSA) is 128 Å². The van der Waals surface area contributed by atoms with E-state index in [0.29, 0.717) is 28.2 Å². The van der Waals surface area contributed by atoms with Crippen molar-refractivity contribution in [1.29, 1.82) is 0 Å². The Morgan fingerprint density at radius 2 is 1.89 bits per heavy atom. The molecule has 44 heavy (non-hydrogen) atoms. The van der Waals surface area contributed by atoms with Gasteiger partial charge >= 0.3 is 0 Å². The number of anilines is 1. The molecule has 1 aliphatic heterocycles. The van der Waals surface area contributed by atoms with Gasteiger partial charge in [0.05, 0.1) is 12.1 Å². The van der Waals surface area contributed by atoms with Crippen molar-refractivity contribution in [3.63, 3.8) is 0 Å². The second-order valence-corrected chi connectivity index (χ2v) is 11.0. The molecule has 0 spiro atoms. The Bertz CT molecular complexity index is 1830. The number of benzene rings is 2. The normalized spacial score (nSPS) is 17.1. The summed E-state index contributed by atoms with van der Waals surface area (Å²) in [5, 5.41) is 7.77. The third-order valence-electron chi connectivity index (χ3n) is 8.09. The molecule has 2 aromatic carbocycles. The van der Waals surface area contributed by atoms with Crippen LogP contribution in [0.15, 0.2) is 60.7 Å². The molecule has 5 rings (SSSR count). The Labute approximate surface area is 255 Å². The van der Waals surface area contributed by atoms with E-state index in [0.717, 1.165) is 22.3 Å². The lowest BCUT2D eigenvalue weighted by molar-refractivity contribution is -0.137. The molecule has 0 radical (unpaired) electrons. The van der Waals surface area contributed by atoms with Crippen molar-refractivity contribution in [3.8, 4) is 11.3 Å². The molecule has 4 aromatic rings. The highest BCUT2D eigenvalue weighted by molar-refractivity contribution is 6.05. The SMILES string of the molecule is C/C=C\C(=C/C)c1ccc2c(c1)c(C(N)=O)nn2CC(=O)N1CC(F)CC1C(=O)Nc1c(-c2ccccc2C)nc(C)n1C. The van der Waals surface area contributed by atoms with Crippen LogP contribution in [-0.2, 0) is 23.2 Å². The molecule has 1 saturated heterocycles. The maximum Gasteiger partial charge on any atom is 0.269 e. The average molecular weight is 598 g/mol. The van der Waals surface area contributed by atoms with Crippen LogP contribution in [0.5, 0.6) is 0 Å². The minimum Gasteiger partial charge on any atom is -0.364 e. The summed E-state index contributed by atoms with van der Waals surface area (Å²) in [5.41, 5.74) is 10.5. The Balaban J connectivity index is 1.43. The number of nitrogens with one attached hydrogen (secondary N) is 1. The number of amides is 3. The van der Waals surface area contributed by atoms with Gasteiger partial charge in [0, 0.05) is 24.4 Å². The number of rotatable bonds is 8. The van der Waals surface area contributed by atoms with Crippen molar-refractivity contribution in [3.05, 3.63) is 83.3 Å². The maximum atomic E-state index is 14.8. The van der Waals surface area contributed by atoms with Crippen LogP contribution in [0.1, 0.15) is 47.7 Å². The van der Waals surface area contributed by atoms with E-state index >= 15 is 0 Å². The van der Waals surface area contributed by atoms with Crippen LogP contribution in [-0.4, -0.2) is 60.7 Å². The lowest BCUT2D eigenvalue weighted by Gasteiger charge is -2.24. The van der Waals surface area contributed by atoms with Gasteiger partial charge in [-0.3, -0.25) is 19.1 Å². The minimum absolute atomic E-state index is 0.0278. The molecule has 2 atom stereocenters. The summed E-state index contributed by atoms with van der Waals surface area (Å²) in [6.45, 7) is 7.08. The van der Waals surface area contributed by atoms with Crippen molar-refractivity contribution in [2.24, 2.45) is 12.8 Å². The molecule has 10 nitrogen and oxygen atoms in total. The number of imidazole rings is 1. The molecule has 11 heteroatoms. The molecular formula is C33H36FN7O3. The number of aryl methyl sites for hydroxylation is 2. The predicted molar refractivity (Wildman–Crippen MR) is 168 cm³/mol. The molecular weight excluding hydrogens is 561 g/mol. The van der Waals surface area contributed by atoms with E-state index in [1.165, 1.54) is 9.58 Å². The van der Waals surface area contributed by atoms with Crippen molar-refractivity contribution in [2.45, 2.75) is 52.9 Å². The van der Waals surface area contributed by atoms with Crippen LogP contribution in [0.3, 0.4) is 0 Å². The fraction of sp³-hybridized carbons (Fsp3) is 0.303. The number of allylic oxidation sites excluding steroid dienone is 4. The first-order chi connectivity index (χ1) is 21.0. The third kappa shape index (κ3) is 5.64. The van der Waals surface area contributed by atoms with Gasteiger partial charge in [0.25, 0.3) is 5.91 Å². The van der Waals surface area contributed by atoms with Crippen molar-refractivity contribution < 1.29 is 18.8 Å². The smallest absolute Gasteiger partial charge is 0.269 e. The number of hydrogen-bond donors (Lipinski definition) is 2. The van der Waals surface area contributed by atoms with Crippen LogP contribution in [0.2, 0.25) is 0 Å². The molecule has 0 bridgehead atoms. The summed E-state index contributed by atoms with van der Waals surface area (Å²) in [4.78, 5) is 45.5. The Morgan fingerprint density at radius 1 is 1.14 bits per heavy atom. The van der Waals surface area contributed by atoms with Crippen LogP contribution in [0.25, 0.3) is 27.7 Å². The summed E-state index contributed by atoms with van der Waals surface area (Å²) in [6, 6.07) is 12.1. The van der Waals surface area contributed by atoms with E-state index in [1.54, 1.807) is 17.7 Å². The van der Waals surface area contributed by atoms with Gasteiger partial charge in [-0.2, -0.15) is 5.10 Å². The lowest BCUT2D eigenvalue weighted by Crippen LogP contribution is -2.44. The minimum atomic E-state index is -1.37. The predicted octanol–water partition coefficient (Wildman–Crippen LogP) is 4.71. The molecule has 0 saturated carbocycles. The highest BCUT2D eigenvalue weighted by Gasteiger charge is 2.40. The Morgan fingerprint density at radius 3 is 2.57 bits per heavy atom. The lowest BCUT2D eigenvalue weighted by atomic mass is 10.0. The van der Waals surface area contributed by atoms with Crippen molar-refractivity contribution in [2.75, 3.05) is 11.9 Å². The second-order valence-electron chi connectivity index (χ2n) is 11.0. The fourth-order valence-corrected chi connectivity index (χ4v) is 5.71. The van der Waals surface area contributed by atoms with E-state index in [-0.39, 0.29) is 25.2 Å². The Kier molecular flexibility index (Phi) is 8.48. The van der Waals surface area contributed by atoms with Gasteiger partial charge in [0.1, 0.15) is 36.1 Å². The fourth-order valence-electron chi connectivity index (χ4n) is 5.71. The number of hydrogen-bond acceptors (Lipinski definition) is 5. The summed E-state index contributed by atoms with van der Waals surface area (Å²) in [5.74, 6) is -0.586. The molecule has 1 fully saturated rings. The summed E-state index contributed by atoms with van der Waals surface area (Å²) in [7, 11) is 1.79. The van der Waals surface area contributed by atoms with Gasteiger partial charge in [-0.15, -0.1) is 0 Å². The number of nitrogens with two attached hydrogens (primary N) is 1. The largest absolute Gasteiger partial charge is 0.364 e.